The van der Waals surface area contributed by atoms with E-state index in [2.05, 4.69) is 82.6 Å². The van der Waals surface area contributed by atoms with Gasteiger partial charge in [0.2, 0.25) is 0 Å². The average molecular weight is 380 g/mol. The Labute approximate surface area is 167 Å². The van der Waals surface area contributed by atoms with Gasteiger partial charge >= 0.3 is 12.0 Å². The minimum Gasteiger partial charge on any atom is -0.461 e. The van der Waals surface area contributed by atoms with E-state index in [-0.39, 0.29) is 0 Å². The lowest BCUT2D eigenvalue weighted by atomic mass is 10.2. The van der Waals surface area contributed by atoms with Crippen LogP contribution in [0.25, 0.3) is 0 Å². The molecule has 0 amide bonds. The lowest BCUT2D eigenvalue weighted by Crippen LogP contribution is -1.97. The van der Waals surface area contributed by atoms with Crippen LogP contribution in [0.5, 0.6) is 0 Å². The van der Waals surface area contributed by atoms with E-state index in [0.717, 1.165) is 12.8 Å². The van der Waals surface area contributed by atoms with Gasteiger partial charge in [-0.25, -0.2) is 9.98 Å². The summed E-state index contributed by atoms with van der Waals surface area (Å²) in [7, 11) is 0. The molecule has 0 saturated carbocycles. The van der Waals surface area contributed by atoms with Crippen molar-refractivity contribution in [3.05, 3.63) is 71.8 Å². The van der Waals surface area contributed by atoms with Gasteiger partial charge in [-0.1, -0.05) is 84.7 Å². The van der Waals surface area contributed by atoms with Crippen LogP contribution >= 0.6 is 0 Å². The van der Waals surface area contributed by atoms with E-state index >= 15 is 0 Å². The summed E-state index contributed by atoms with van der Waals surface area (Å²) >= 11 is 0. The second kappa shape index (κ2) is 13.2. The van der Waals surface area contributed by atoms with E-state index in [1.54, 1.807) is 0 Å². The van der Waals surface area contributed by atoms with Gasteiger partial charge in [0.15, 0.2) is 0 Å². The fourth-order valence-electron chi connectivity index (χ4n) is 2.28. The smallest absolute Gasteiger partial charge is 0.331 e. The maximum atomic E-state index is 4.99. The topological polar surface area (TPSA) is 67.9 Å². The van der Waals surface area contributed by atoms with Crippen LogP contribution in [-0.4, -0.2) is 38.3 Å². The zero-order valence-corrected chi connectivity index (χ0v) is 16.6. The maximum absolute atomic E-state index is 4.99. The average Bonchev–Trinajstić information content (AvgIpc) is 3.48. The molecule has 2 aliphatic heterocycles. The van der Waals surface area contributed by atoms with Crippen LogP contribution in [0, 0.1) is 0 Å². The first-order valence-corrected chi connectivity index (χ1v) is 9.66. The zero-order chi connectivity index (χ0) is 19.9. The molecule has 0 unspecified atom stereocenters. The minimum absolute atomic E-state index is 0.313. The number of amidine groups is 2. The van der Waals surface area contributed by atoms with Crippen LogP contribution in [0.15, 0.2) is 80.9 Å². The Hall–Kier alpha value is -3.02. The summed E-state index contributed by atoms with van der Waals surface area (Å²) in [6.45, 7) is 6.80. The molecule has 0 fully saturated rings. The molecule has 148 valence electrons. The summed E-state index contributed by atoms with van der Waals surface area (Å²) in [5, 5.41) is 7.40. The molecule has 0 aromatic heterocycles. The van der Waals surface area contributed by atoms with E-state index in [4.69, 9.17) is 9.47 Å². The van der Waals surface area contributed by atoms with Crippen molar-refractivity contribution in [1.29, 1.82) is 0 Å². The van der Waals surface area contributed by atoms with Crippen LogP contribution in [0.3, 0.4) is 0 Å². The molecular formula is C22H28N4O2. The van der Waals surface area contributed by atoms with Crippen LogP contribution < -0.4 is 0 Å². The first-order chi connectivity index (χ1) is 13.8. The largest absolute Gasteiger partial charge is 0.461 e. The second-order valence-electron chi connectivity index (χ2n) is 5.90. The van der Waals surface area contributed by atoms with E-state index in [0.29, 0.717) is 38.3 Å². The lowest BCUT2D eigenvalue weighted by Gasteiger charge is -1.91. The third-order valence-corrected chi connectivity index (χ3v) is 3.86. The fourth-order valence-corrected chi connectivity index (χ4v) is 2.28. The normalized spacial score (nSPS) is 14.6. The number of rotatable bonds is 2. The van der Waals surface area contributed by atoms with Crippen molar-refractivity contribution in [1.82, 2.24) is 0 Å². The number of ether oxygens (including phenoxy) is 2. The van der Waals surface area contributed by atoms with Gasteiger partial charge in [-0.15, -0.1) is 0 Å². The number of hydrogen-bond donors (Lipinski definition) is 0. The van der Waals surface area contributed by atoms with Crippen molar-refractivity contribution in [2.24, 2.45) is 20.2 Å². The molecule has 0 bridgehead atoms. The van der Waals surface area contributed by atoms with E-state index < -0.39 is 0 Å². The quantitative estimate of drug-likeness (QED) is 0.708. The molecule has 0 N–H and O–H groups in total. The number of benzene rings is 2. The SMILES string of the molecule is C1COC(N=NC2=NCCO2)=N1.CCc1ccccc1.CCc1ccccc1. The molecule has 2 heterocycles. The molecular weight excluding hydrogens is 352 g/mol. The Morgan fingerprint density at radius 2 is 1.07 bits per heavy atom. The number of hydrogen-bond acceptors (Lipinski definition) is 6. The first kappa shape index (κ1) is 21.3. The zero-order valence-electron chi connectivity index (χ0n) is 16.6. The highest BCUT2D eigenvalue weighted by Gasteiger charge is 2.08. The van der Waals surface area contributed by atoms with Crippen molar-refractivity contribution in [3.8, 4) is 0 Å². The molecule has 2 aliphatic rings. The van der Waals surface area contributed by atoms with Gasteiger partial charge in [-0.3, -0.25) is 0 Å². The Bertz CT molecular complexity index is 693. The summed E-state index contributed by atoms with van der Waals surface area (Å²) in [5.41, 5.74) is 2.82. The van der Waals surface area contributed by atoms with E-state index in [9.17, 15) is 0 Å². The van der Waals surface area contributed by atoms with Crippen molar-refractivity contribution in [2.45, 2.75) is 26.7 Å². The molecule has 2 aromatic rings. The highest BCUT2D eigenvalue weighted by Crippen LogP contribution is 2.00. The van der Waals surface area contributed by atoms with Gasteiger partial charge in [-0.05, 0) is 24.0 Å². The van der Waals surface area contributed by atoms with Crippen molar-refractivity contribution in [3.63, 3.8) is 0 Å². The molecule has 4 rings (SSSR count). The second-order valence-corrected chi connectivity index (χ2v) is 5.90. The van der Waals surface area contributed by atoms with Crippen molar-refractivity contribution < 1.29 is 9.47 Å². The summed E-state index contributed by atoms with van der Waals surface area (Å²) in [5.74, 6) is 0. The van der Waals surface area contributed by atoms with Crippen molar-refractivity contribution in [2.75, 3.05) is 26.3 Å². The van der Waals surface area contributed by atoms with Gasteiger partial charge in [-0.2, -0.15) is 0 Å². The number of aryl methyl sites for hydroxylation is 2. The Kier molecular flexibility index (Phi) is 10.0. The van der Waals surface area contributed by atoms with E-state index in [1.165, 1.54) is 11.1 Å². The van der Waals surface area contributed by atoms with Crippen LogP contribution in [0.2, 0.25) is 0 Å². The van der Waals surface area contributed by atoms with Gasteiger partial charge in [0, 0.05) is 0 Å². The number of aliphatic imine (C=N–C) groups is 2. The van der Waals surface area contributed by atoms with Gasteiger partial charge < -0.3 is 9.47 Å². The Morgan fingerprint density at radius 3 is 1.32 bits per heavy atom. The summed E-state index contributed by atoms with van der Waals surface area (Å²) < 4.78 is 9.98. The van der Waals surface area contributed by atoms with Crippen LogP contribution in [-0.2, 0) is 22.3 Å². The van der Waals surface area contributed by atoms with Gasteiger partial charge in [0.1, 0.15) is 13.2 Å². The van der Waals surface area contributed by atoms with Crippen LogP contribution in [0.4, 0.5) is 0 Å². The monoisotopic (exact) mass is 380 g/mol. The molecule has 2 aromatic carbocycles. The highest BCUT2D eigenvalue weighted by atomic mass is 16.5. The molecule has 28 heavy (non-hydrogen) atoms. The standard InChI is InChI=1S/2C8H10.C6H8N4O2/c2*1-2-8-6-4-3-5-7-8;1-3-11-5(7-1)9-10-6-8-2-4-12-6/h2*3-7H,2H2,1H3;1-4H2. The Balaban J connectivity index is 0.000000156. The predicted octanol–water partition coefficient (Wildman–Crippen LogP) is 4.71. The lowest BCUT2D eigenvalue weighted by molar-refractivity contribution is 0.333. The Morgan fingerprint density at radius 1 is 0.679 bits per heavy atom. The maximum Gasteiger partial charge on any atom is 0.331 e. The first-order valence-electron chi connectivity index (χ1n) is 9.66. The minimum atomic E-state index is 0.313. The van der Waals surface area contributed by atoms with Gasteiger partial charge in [0.05, 0.1) is 13.1 Å². The number of azo groups is 1. The molecule has 0 radical (unpaired) electrons. The molecule has 0 saturated heterocycles. The third kappa shape index (κ3) is 8.58. The molecule has 0 spiro atoms. The van der Waals surface area contributed by atoms with Gasteiger partial charge in [0.25, 0.3) is 0 Å². The molecule has 6 heteroatoms. The summed E-state index contributed by atoms with van der Waals surface area (Å²) in [6.07, 6.45) is 2.28. The van der Waals surface area contributed by atoms with Crippen molar-refractivity contribution >= 4 is 12.0 Å². The third-order valence-electron chi connectivity index (χ3n) is 3.86. The molecule has 0 atom stereocenters. The number of nitrogens with zero attached hydrogens (tertiary/aromatic N) is 4. The summed E-state index contributed by atoms with van der Waals surface area (Å²) in [6, 6.07) is 21.5. The van der Waals surface area contributed by atoms with E-state index in [1.807, 2.05) is 12.1 Å². The molecule has 0 aliphatic carbocycles. The fraction of sp³-hybridized carbons (Fsp3) is 0.364. The summed E-state index contributed by atoms with van der Waals surface area (Å²) in [4.78, 5) is 7.84. The highest BCUT2D eigenvalue weighted by molar-refractivity contribution is 5.80. The predicted molar refractivity (Wildman–Crippen MR) is 113 cm³/mol. The van der Waals surface area contributed by atoms with Crippen LogP contribution in [0.1, 0.15) is 25.0 Å². The molecule has 6 nitrogen and oxygen atoms in total.